The minimum atomic E-state index is -0.182. The molecule has 0 bridgehead atoms. The number of aromatic nitrogens is 4. The number of benzene rings is 4. The van der Waals surface area contributed by atoms with Gasteiger partial charge in [0, 0.05) is 22.4 Å². The molecule has 39 heavy (non-hydrogen) atoms. The molecule has 0 saturated heterocycles. The Kier molecular flexibility index (Phi) is 5.33. The van der Waals surface area contributed by atoms with E-state index >= 15 is 0 Å². The average molecular weight is 517 g/mol. The third kappa shape index (κ3) is 3.64. The van der Waals surface area contributed by atoms with Gasteiger partial charge in [-0.3, -0.25) is 0 Å². The van der Waals surface area contributed by atoms with Crippen molar-refractivity contribution in [2.45, 2.75) is 5.92 Å². The summed E-state index contributed by atoms with van der Waals surface area (Å²) in [5, 5.41) is 6.89. The normalized spacial score (nSPS) is 14.0. The van der Waals surface area contributed by atoms with Crippen LogP contribution in [0.25, 0.3) is 27.8 Å². The quantitative estimate of drug-likeness (QED) is 0.267. The van der Waals surface area contributed by atoms with Crippen molar-refractivity contribution in [3.63, 3.8) is 0 Å². The van der Waals surface area contributed by atoms with Gasteiger partial charge in [-0.05, 0) is 41.3 Å². The predicted molar refractivity (Wildman–Crippen MR) is 147 cm³/mol. The van der Waals surface area contributed by atoms with E-state index in [2.05, 4.69) is 36.4 Å². The highest BCUT2D eigenvalue weighted by Crippen LogP contribution is 2.50. The molecule has 0 aliphatic carbocycles. The van der Waals surface area contributed by atoms with Gasteiger partial charge in [-0.15, -0.1) is 5.10 Å². The van der Waals surface area contributed by atoms with Crippen LogP contribution in [0.1, 0.15) is 22.6 Å². The Morgan fingerprint density at radius 3 is 2.44 bits per heavy atom. The molecule has 6 aromatic rings. The monoisotopic (exact) mass is 516 g/mol. The smallest absolute Gasteiger partial charge is 0.228 e. The van der Waals surface area contributed by atoms with Crippen LogP contribution in [0, 0.1) is 0 Å². The third-order valence-electron chi connectivity index (χ3n) is 7.19. The van der Waals surface area contributed by atoms with Crippen molar-refractivity contribution in [2.75, 3.05) is 21.3 Å². The predicted octanol–water partition coefficient (Wildman–Crippen LogP) is 6.26. The molecule has 1 aliphatic heterocycles. The third-order valence-corrected chi connectivity index (χ3v) is 7.19. The Bertz CT molecular complexity index is 1860. The average Bonchev–Trinajstić information content (AvgIpc) is 3.44. The van der Waals surface area contributed by atoms with Crippen LogP contribution in [0.2, 0.25) is 0 Å². The molecule has 4 aromatic carbocycles. The molecule has 0 unspecified atom stereocenters. The maximum Gasteiger partial charge on any atom is 0.228 e. The highest BCUT2D eigenvalue weighted by atomic mass is 16.5. The zero-order valence-corrected chi connectivity index (χ0v) is 21.6. The molecule has 2 aromatic heterocycles. The molecule has 0 radical (unpaired) electrons. The molecular weight excluding hydrogens is 492 g/mol. The molecule has 1 aliphatic rings. The summed E-state index contributed by atoms with van der Waals surface area (Å²) in [7, 11) is 4.88. The van der Waals surface area contributed by atoms with Gasteiger partial charge in [0.25, 0.3) is 0 Å². The van der Waals surface area contributed by atoms with Gasteiger partial charge >= 0.3 is 0 Å². The highest BCUT2D eigenvalue weighted by molar-refractivity contribution is 5.91. The Morgan fingerprint density at radius 2 is 1.64 bits per heavy atom. The van der Waals surface area contributed by atoms with E-state index in [0.29, 0.717) is 28.9 Å². The summed E-state index contributed by atoms with van der Waals surface area (Å²) in [6.07, 6.45) is 1.65. The minimum Gasteiger partial charge on any atom is -0.497 e. The van der Waals surface area contributed by atoms with Crippen LogP contribution in [-0.4, -0.2) is 40.9 Å². The van der Waals surface area contributed by atoms with E-state index in [-0.39, 0.29) is 5.92 Å². The Balaban J connectivity index is 1.46. The van der Waals surface area contributed by atoms with Crippen LogP contribution >= 0.6 is 0 Å². The number of fused-ring (bicyclic) bond motifs is 6. The molecule has 0 spiro atoms. The van der Waals surface area contributed by atoms with Crippen molar-refractivity contribution < 1.29 is 18.9 Å². The topological polar surface area (TPSA) is 80.0 Å². The highest BCUT2D eigenvalue weighted by Gasteiger charge is 2.34. The van der Waals surface area contributed by atoms with E-state index < -0.39 is 0 Å². The van der Waals surface area contributed by atoms with Gasteiger partial charge in [0.2, 0.25) is 5.88 Å². The van der Waals surface area contributed by atoms with Gasteiger partial charge in [0.1, 0.15) is 17.8 Å². The number of methoxy groups -OCH3 is 3. The van der Waals surface area contributed by atoms with Gasteiger partial charge in [0.05, 0.1) is 26.9 Å². The first-order valence-corrected chi connectivity index (χ1v) is 12.5. The molecule has 0 amide bonds. The van der Waals surface area contributed by atoms with Crippen molar-refractivity contribution in [2.24, 2.45) is 0 Å². The number of rotatable bonds is 5. The summed E-state index contributed by atoms with van der Waals surface area (Å²) < 4.78 is 24.6. The van der Waals surface area contributed by atoms with Crippen LogP contribution in [0.3, 0.4) is 0 Å². The van der Waals surface area contributed by atoms with Gasteiger partial charge in [-0.1, -0.05) is 48.5 Å². The molecule has 192 valence electrons. The first-order chi connectivity index (χ1) is 19.2. The molecule has 8 nitrogen and oxygen atoms in total. The summed E-state index contributed by atoms with van der Waals surface area (Å²) in [6.45, 7) is 0. The van der Waals surface area contributed by atoms with Crippen molar-refractivity contribution in [1.29, 1.82) is 0 Å². The lowest BCUT2D eigenvalue weighted by molar-refractivity contribution is 0.355. The SMILES string of the molecule is COc1ccc([C@H]2c3ccc4ccccc4c3Oc3ncn4nc(-c5ccc(OC)c(OC)c5)nc4c32)cc1. The van der Waals surface area contributed by atoms with Crippen molar-refractivity contribution >= 4 is 16.4 Å². The zero-order chi connectivity index (χ0) is 26.5. The van der Waals surface area contributed by atoms with Gasteiger partial charge in [-0.25, -0.2) is 14.5 Å². The lowest BCUT2D eigenvalue weighted by atomic mass is 9.83. The first-order valence-electron chi connectivity index (χ1n) is 12.5. The van der Waals surface area contributed by atoms with Crippen molar-refractivity contribution in [3.8, 4) is 40.3 Å². The van der Waals surface area contributed by atoms with Crippen molar-refractivity contribution in [3.05, 3.63) is 102 Å². The fourth-order valence-corrected chi connectivity index (χ4v) is 5.29. The van der Waals surface area contributed by atoms with E-state index in [1.807, 2.05) is 42.5 Å². The van der Waals surface area contributed by atoms with Crippen LogP contribution in [0.15, 0.2) is 85.2 Å². The maximum atomic E-state index is 6.52. The number of nitrogens with zero attached hydrogens (tertiary/aromatic N) is 4. The van der Waals surface area contributed by atoms with E-state index in [4.69, 9.17) is 34.0 Å². The van der Waals surface area contributed by atoms with Crippen molar-refractivity contribution in [1.82, 2.24) is 19.6 Å². The van der Waals surface area contributed by atoms with Crippen LogP contribution < -0.4 is 18.9 Å². The van der Waals surface area contributed by atoms with Crippen LogP contribution in [0.5, 0.6) is 28.9 Å². The fourth-order valence-electron chi connectivity index (χ4n) is 5.29. The summed E-state index contributed by atoms with van der Waals surface area (Å²) in [4.78, 5) is 9.68. The first kappa shape index (κ1) is 23.0. The lowest BCUT2D eigenvalue weighted by Gasteiger charge is -2.28. The Hall–Kier alpha value is -5.11. The summed E-state index contributed by atoms with van der Waals surface area (Å²) in [5.41, 5.74) is 4.43. The molecule has 7 rings (SSSR count). The van der Waals surface area contributed by atoms with E-state index in [9.17, 15) is 0 Å². The molecular formula is C31H24N4O4. The van der Waals surface area contributed by atoms with Gasteiger partial charge in [0.15, 0.2) is 23.0 Å². The molecule has 1 atom stereocenters. The molecule has 0 fully saturated rings. The number of hydrogen-bond acceptors (Lipinski definition) is 7. The van der Waals surface area contributed by atoms with Gasteiger partial charge in [-0.2, -0.15) is 0 Å². The van der Waals surface area contributed by atoms with Crippen LogP contribution in [-0.2, 0) is 0 Å². The Labute approximate surface area is 224 Å². The van der Waals surface area contributed by atoms with E-state index in [1.54, 1.807) is 32.2 Å². The molecule has 3 heterocycles. The largest absolute Gasteiger partial charge is 0.497 e. The van der Waals surface area contributed by atoms with E-state index in [1.165, 1.54) is 0 Å². The minimum absolute atomic E-state index is 0.182. The fraction of sp³-hybridized carbons (Fsp3) is 0.129. The summed E-state index contributed by atoms with van der Waals surface area (Å²) >= 11 is 0. The standard InChI is InChI=1S/C31H24N4O4/c1-36-21-12-8-19(9-13-21)26-23-14-10-18-6-4-5-7-22(18)28(23)39-31-27(26)30-33-29(34-35(30)17-32-31)20-11-15-24(37-2)25(16-20)38-3/h4-17,26H,1-3H3/t26-/m0/s1. The maximum absolute atomic E-state index is 6.52. The van der Waals surface area contributed by atoms with Gasteiger partial charge < -0.3 is 18.9 Å². The van der Waals surface area contributed by atoms with Crippen LogP contribution in [0.4, 0.5) is 0 Å². The second-order valence-corrected chi connectivity index (χ2v) is 9.25. The second-order valence-electron chi connectivity index (χ2n) is 9.25. The Morgan fingerprint density at radius 1 is 0.821 bits per heavy atom. The zero-order valence-electron chi connectivity index (χ0n) is 21.6. The molecule has 8 heteroatoms. The number of ether oxygens (including phenoxy) is 4. The van der Waals surface area contributed by atoms with E-state index in [0.717, 1.165) is 44.5 Å². The molecule has 0 N–H and O–H groups in total. The summed E-state index contributed by atoms with van der Waals surface area (Å²) in [6, 6.07) is 26.2. The molecule has 0 saturated carbocycles. The number of hydrogen-bond donors (Lipinski definition) is 0. The summed E-state index contributed by atoms with van der Waals surface area (Å²) in [5.74, 6) is 3.72. The lowest BCUT2D eigenvalue weighted by Crippen LogP contribution is -2.15. The second kappa shape index (κ2) is 9.02.